The van der Waals surface area contributed by atoms with Crippen LogP contribution in [-0.4, -0.2) is 21.9 Å². The SMILES string of the molecule is COCc1n[nH]c(=S)n1[C@@H](C)c1ccccc1. The van der Waals surface area contributed by atoms with E-state index < -0.39 is 0 Å². The van der Waals surface area contributed by atoms with E-state index in [1.54, 1.807) is 7.11 Å². The molecule has 0 aliphatic rings. The van der Waals surface area contributed by atoms with E-state index in [4.69, 9.17) is 17.0 Å². The standard InChI is InChI=1S/C12H15N3OS/c1-9(10-6-4-3-5-7-10)15-11(8-16-2)13-14-12(15)17/h3-7,9H,8H2,1-2H3,(H,14,17)/t9-/m0/s1. The molecule has 90 valence electrons. The summed E-state index contributed by atoms with van der Waals surface area (Å²) in [5.41, 5.74) is 1.20. The molecule has 5 heteroatoms. The number of hydrogen-bond donors (Lipinski definition) is 1. The Bertz CT molecular complexity index is 532. The highest BCUT2D eigenvalue weighted by Gasteiger charge is 2.13. The van der Waals surface area contributed by atoms with Gasteiger partial charge >= 0.3 is 0 Å². The molecule has 1 aromatic heterocycles. The van der Waals surface area contributed by atoms with E-state index in [0.29, 0.717) is 11.4 Å². The molecule has 1 atom stereocenters. The Labute approximate surface area is 105 Å². The molecular formula is C12H15N3OS. The fraction of sp³-hybridized carbons (Fsp3) is 0.333. The van der Waals surface area contributed by atoms with Crippen LogP contribution in [0, 0.1) is 4.77 Å². The van der Waals surface area contributed by atoms with Crippen LogP contribution in [0.25, 0.3) is 0 Å². The van der Waals surface area contributed by atoms with Crippen LogP contribution in [0.5, 0.6) is 0 Å². The number of hydrogen-bond acceptors (Lipinski definition) is 3. The molecule has 0 saturated carbocycles. The number of methoxy groups -OCH3 is 1. The molecule has 2 aromatic rings. The lowest BCUT2D eigenvalue weighted by Gasteiger charge is -2.15. The number of aromatic nitrogens is 3. The second-order valence-electron chi connectivity index (χ2n) is 3.83. The molecule has 0 aliphatic heterocycles. The van der Waals surface area contributed by atoms with E-state index in [1.807, 2.05) is 22.8 Å². The molecule has 0 spiro atoms. The zero-order valence-electron chi connectivity index (χ0n) is 9.88. The molecule has 1 heterocycles. The first-order valence-electron chi connectivity index (χ1n) is 5.43. The summed E-state index contributed by atoms with van der Waals surface area (Å²) in [6, 6.07) is 10.3. The third-order valence-corrected chi connectivity index (χ3v) is 3.01. The third-order valence-electron chi connectivity index (χ3n) is 2.72. The molecule has 0 unspecified atom stereocenters. The predicted octanol–water partition coefficient (Wildman–Crippen LogP) is 2.70. The minimum absolute atomic E-state index is 0.146. The second-order valence-corrected chi connectivity index (χ2v) is 4.22. The molecule has 0 amide bonds. The van der Waals surface area contributed by atoms with Crippen molar-refractivity contribution in [2.24, 2.45) is 0 Å². The third kappa shape index (κ3) is 2.45. The lowest BCUT2D eigenvalue weighted by molar-refractivity contribution is 0.173. The lowest BCUT2D eigenvalue weighted by atomic mass is 10.1. The maximum atomic E-state index is 5.25. The number of nitrogens with one attached hydrogen (secondary N) is 1. The molecule has 0 fully saturated rings. The van der Waals surface area contributed by atoms with Gasteiger partial charge in [-0.3, -0.25) is 9.67 Å². The zero-order chi connectivity index (χ0) is 12.3. The summed E-state index contributed by atoms with van der Waals surface area (Å²) in [6.45, 7) is 2.55. The average molecular weight is 249 g/mol. The minimum Gasteiger partial charge on any atom is -0.377 e. The quantitative estimate of drug-likeness (QED) is 0.847. The maximum absolute atomic E-state index is 5.25. The van der Waals surface area contributed by atoms with E-state index in [-0.39, 0.29) is 6.04 Å². The van der Waals surface area contributed by atoms with Gasteiger partial charge in [-0.05, 0) is 24.7 Å². The molecule has 0 saturated heterocycles. The van der Waals surface area contributed by atoms with Gasteiger partial charge in [-0.1, -0.05) is 30.3 Å². The molecular weight excluding hydrogens is 234 g/mol. The molecule has 17 heavy (non-hydrogen) atoms. The van der Waals surface area contributed by atoms with Crippen LogP contribution in [0.1, 0.15) is 24.4 Å². The Morgan fingerprint density at radius 1 is 1.41 bits per heavy atom. The van der Waals surface area contributed by atoms with E-state index in [1.165, 1.54) is 5.56 Å². The molecule has 4 nitrogen and oxygen atoms in total. The molecule has 1 aromatic carbocycles. The van der Waals surface area contributed by atoms with Crippen molar-refractivity contribution in [3.05, 3.63) is 46.5 Å². The van der Waals surface area contributed by atoms with E-state index in [0.717, 1.165) is 5.82 Å². The van der Waals surface area contributed by atoms with Crippen LogP contribution in [0.3, 0.4) is 0 Å². The van der Waals surface area contributed by atoms with Crippen molar-refractivity contribution < 1.29 is 4.74 Å². The number of ether oxygens (including phenoxy) is 1. The van der Waals surface area contributed by atoms with E-state index in [2.05, 4.69) is 29.3 Å². The highest BCUT2D eigenvalue weighted by atomic mass is 32.1. The smallest absolute Gasteiger partial charge is 0.195 e. The Morgan fingerprint density at radius 3 is 2.76 bits per heavy atom. The zero-order valence-corrected chi connectivity index (χ0v) is 10.7. The Kier molecular flexibility index (Phi) is 3.71. The van der Waals surface area contributed by atoms with Gasteiger partial charge in [0.25, 0.3) is 0 Å². The number of rotatable bonds is 4. The van der Waals surface area contributed by atoms with Gasteiger partial charge in [0.1, 0.15) is 6.61 Å². The van der Waals surface area contributed by atoms with Crippen molar-refractivity contribution in [2.45, 2.75) is 19.6 Å². The monoisotopic (exact) mass is 249 g/mol. The summed E-state index contributed by atoms with van der Waals surface area (Å²) in [6.07, 6.45) is 0. The average Bonchev–Trinajstić information content (AvgIpc) is 2.71. The normalized spacial score (nSPS) is 12.6. The highest BCUT2D eigenvalue weighted by molar-refractivity contribution is 7.71. The van der Waals surface area contributed by atoms with Gasteiger partial charge in [0.15, 0.2) is 10.6 Å². The van der Waals surface area contributed by atoms with Gasteiger partial charge < -0.3 is 4.74 Å². The molecule has 0 aliphatic carbocycles. The lowest BCUT2D eigenvalue weighted by Crippen LogP contribution is -2.11. The van der Waals surface area contributed by atoms with Gasteiger partial charge in [0.05, 0.1) is 6.04 Å². The first-order valence-corrected chi connectivity index (χ1v) is 5.84. The summed E-state index contributed by atoms with van der Waals surface area (Å²) in [4.78, 5) is 0. The first-order chi connectivity index (χ1) is 8.24. The van der Waals surface area contributed by atoms with Crippen LogP contribution in [0.4, 0.5) is 0 Å². The van der Waals surface area contributed by atoms with Gasteiger partial charge in [-0.15, -0.1) is 0 Å². The fourth-order valence-corrected chi connectivity index (χ4v) is 2.16. The van der Waals surface area contributed by atoms with Crippen molar-refractivity contribution in [1.29, 1.82) is 0 Å². The fourth-order valence-electron chi connectivity index (χ4n) is 1.85. The number of aromatic amines is 1. The summed E-state index contributed by atoms with van der Waals surface area (Å²) >= 11 is 5.25. The van der Waals surface area contributed by atoms with Crippen molar-refractivity contribution >= 4 is 12.2 Å². The molecule has 2 rings (SSSR count). The van der Waals surface area contributed by atoms with Crippen LogP contribution in [0.15, 0.2) is 30.3 Å². The van der Waals surface area contributed by atoms with Crippen molar-refractivity contribution in [2.75, 3.05) is 7.11 Å². The number of nitrogens with zero attached hydrogens (tertiary/aromatic N) is 2. The Hall–Kier alpha value is -1.46. The van der Waals surface area contributed by atoms with Gasteiger partial charge in [-0.2, -0.15) is 5.10 Å². The summed E-state index contributed by atoms with van der Waals surface area (Å²) in [5.74, 6) is 0.814. The van der Waals surface area contributed by atoms with Crippen molar-refractivity contribution in [3.63, 3.8) is 0 Å². The Morgan fingerprint density at radius 2 is 2.12 bits per heavy atom. The largest absolute Gasteiger partial charge is 0.377 e. The number of benzene rings is 1. The second kappa shape index (κ2) is 5.25. The summed E-state index contributed by atoms with van der Waals surface area (Å²) in [5, 5.41) is 6.98. The number of H-pyrrole nitrogens is 1. The van der Waals surface area contributed by atoms with E-state index >= 15 is 0 Å². The van der Waals surface area contributed by atoms with Gasteiger partial charge in [-0.25, -0.2) is 0 Å². The van der Waals surface area contributed by atoms with Gasteiger partial charge in [0.2, 0.25) is 0 Å². The predicted molar refractivity (Wildman–Crippen MR) is 68.4 cm³/mol. The van der Waals surface area contributed by atoms with Gasteiger partial charge in [0, 0.05) is 7.11 Å². The highest BCUT2D eigenvalue weighted by Crippen LogP contribution is 2.19. The van der Waals surface area contributed by atoms with Crippen molar-refractivity contribution in [3.8, 4) is 0 Å². The maximum Gasteiger partial charge on any atom is 0.195 e. The van der Waals surface area contributed by atoms with Crippen LogP contribution < -0.4 is 0 Å². The van der Waals surface area contributed by atoms with Crippen LogP contribution in [-0.2, 0) is 11.3 Å². The summed E-state index contributed by atoms with van der Waals surface area (Å²) in [7, 11) is 1.65. The Balaban J connectivity index is 2.40. The van der Waals surface area contributed by atoms with E-state index in [9.17, 15) is 0 Å². The van der Waals surface area contributed by atoms with Crippen LogP contribution >= 0.6 is 12.2 Å². The first kappa shape index (κ1) is 12.0. The van der Waals surface area contributed by atoms with Crippen LogP contribution in [0.2, 0.25) is 0 Å². The topological polar surface area (TPSA) is 42.8 Å². The van der Waals surface area contributed by atoms with Crippen molar-refractivity contribution in [1.82, 2.24) is 14.8 Å². The molecule has 0 bridgehead atoms. The molecule has 1 N–H and O–H groups in total. The summed E-state index contributed by atoms with van der Waals surface area (Å²) < 4.78 is 7.72. The minimum atomic E-state index is 0.146. The molecule has 0 radical (unpaired) electrons.